The molecule has 3 aliphatic rings. The van der Waals surface area contributed by atoms with Crippen molar-refractivity contribution in [1.82, 2.24) is 14.9 Å². The molecule has 1 aliphatic carbocycles. The highest BCUT2D eigenvalue weighted by molar-refractivity contribution is 6.62. The number of rotatable bonds is 6. The lowest BCUT2D eigenvalue weighted by atomic mass is 9.78. The van der Waals surface area contributed by atoms with Gasteiger partial charge in [-0.25, -0.2) is 4.98 Å². The second-order valence-electron chi connectivity index (χ2n) is 12.3. The fraction of sp³-hybridized carbons (Fsp3) is 0.517. The molecule has 10 heteroatoms. The lowest BCUT2D eigenvalue weighted by molar-refractivity contribution is -0.137. The van der Waals surface area contributed by atoms with Crippen LogP contribution in [-0.2, 0) is 26.8 Å². The predicted octanol–water partition coefficient (Wildman–Crippen LogP) is 4.98. The number of halogens is 3. The topological polar surface area (TPSA) is 65.4 Å². The average molecular weight is 539 g/mol. The van der Waals surface area contributed by atoms with Crippen molar-refractivity contribution in [3.8, 4) is 11.4 Å². The van der Waals surface area contributed by atoms with Crippen LogP contribution < -0.4 is 10.8 Å². The van der Waals surface area contributed by atoms with Gasteiger partial charge in [-0.3, -0.25) is 4.79 Å². The average Bonchev–Trinajstić information content (AvgIpc) is 3.44. The summed E-state index contributed by atoms with van der Waals surface area (Å²) >= 11 is 0. The van der Waals surface area contributed by atoms with E-state index in [1.807, 2.05) is 56.5 Å². The third kappa shape index (κ3) is 4.60. The van der Waals surface area contributed by atoms with Crippen LogP contribution in [0.25, 0.3) is 22.4 Å². The van der Waals surface area contributed by atoms with E-state index in [2.05, 4.69) is 5.32 Å². The maximum atomic E-state index is 13.5. The van der Waals surface area contributed by atoms with E-state index >= 15 is 0 Å². The van der Waals surface area contributed by atoms with E-state index in [1.54, 1.807) is 0 Å². The summed E-state index contributed by atoms with van der Waals surface area (Å²) in [5.74, 6) is 0.877. The van der Waals surface area contributed by atoms with Crippen LogP contribution >= 0.6 is 0 Å². The van der Waals surface area contributed by atoms with Gasteiger partial charge in [-0.15, -0.1) is 0 Å². The minimum absolute atomic E-state index is 0.0826. The Bertz CT molecular complexity index is 1410. The van der Waals surface area contributed by atoms with Crippen LogP contribution in [0.4, 0.5) is 13.2 Å². The maximum absolute atomic E-state index is 13.5. The van der Waals surface area contributed by atoms with Crippen molar-refractivity contribution >= 4 is 29.4 Å². The standard InChI is InChI=1S/C29H33BF3N3O3/c1-26(2)27(3,4)39-30(38-26)21-10-7-19(8-11-21)25-35-22-15-20(29(31,32)33)9-12-23(22)36(25)17-28(13-14-34-16-28)24(37)18-5-6-18/h7-12,15,18,34H,5-6,13-14,16-17H2,1-4H3/t28-/m0/s1. The Hall–Kier alpha value is -2.69. The van der Waals surface area contributed by atoms with E-state index < -0.39 is 35.5 Å². The third-order valence-electron chi connectivity index (χ3n) is 8.95. The van der Waals surface area contributed by atoms with Crippen molar-refractivity contribution in [2.24, 2.45) is 11.3 Å². The summed E-state index contributed by atoms with van der Waals surface area (Å²) in [6.07, 6.45) is -1.95. The minimum atomic E-state index is -4.47. The number of carbonyl (C=O) groups is 1. The summed E-state index contributed by atoms with van der Waals surface area (Å²) in [6, 6.07) is 11.3. The fourth-order valence-corrected chi connectivity index (χ4v) is 5.70. The fourth-order valence-electron chi connectivity index (χ4n) is 5.70. The lowest BCUT2D eigenvalue weighted by Crippen LogP contribution is -2.41. The monoisotopic (exact) mass is 539 g/mol. The molecule has 1 saturated carbocycles. The van der Waals surface area contributed by atoms with Crippen LogP contribution in [0.3, 0.4) is 0 Å². The van der Waals surface area contributed by atoms with Gasteiger partial charge >= 0.3 is 13.3 Å². The zero-order valence-corrected chi connectivity index (χ0v) is 22.7. The van der Waals surface area contributed by atoms with E-state index in [0.717, 1.165) is 42.5 Å². The van der Waals surface area contributed by atoms with Crippen LogP contribution in [0.15, 0.2) is 42.5 Å². The molecule has 1 atom stereocenters. The molecule has 206 valence electrons. The molecule has 2 aliphatic heterocycles. The number of Topliss-reactive ketones (excluding diaryl/α,β-unsaturated/α-hetero) is 1. The number of imidazole rings is 1. The van der Waals surface area contributed by atoms with Gasteiger partial charge in [0.25, 0.3) is 0 Å². The molecule has 0 bridgehead atoms. The number of nitrogens with one attached hydrogen (secondary N) is 1. The first kappa shape index (κ1) is 26.5. The van der Waals surface area contributed by atoms with E-state index in [1.165, 1.54) is 6.07 Å². The Morgan fingerprint density at radius 2 is 1.74 bits per heavy atom. The lowest BCUT2D eigenvalue weighted by Gasteiger charge is -2.32. The normalized spacial score (nSPS) is 24.5. The largest absolute Gasteiger partial charge is 0.494 e. The van der Waals surface area contributed by atoms with Gasteiger partial charge < -0.3 is 19.2 Å². The molecule has 3 heterocycles. The molecule has 0 spiro atoms. The number of hydrogen-bond acceptors (Lipinski definition) is 5. The molecule has 1 N–H and O–H groups in total. The predicted molar refractivity (Wildman–Crippen MR) is 144 cm³/mol. The highest BCUT2D eigenvalue weighted by Gasteiger charge is 2.52. The molecular weight excluding hydrogens is 506 g/mol. The summed E-state index contributed by atoms with van der Waals surface area (Å²) in [7, 11) is -0.527. The Labute approximate surface area is 226 Å². The summed E-state index contributed by atoms with van der Waals surface area (Å²) in [5.41, 5.74) is 0.150. The van der Waals surface area contributed by atoms with Gasteiger partial charge in [-0.1, -0.05) is 24.3 Å². The molecule has 39 heavy (non-hydrogen) atoms. The second-order valence-corrected chi connectivity index (χ2v) is 12.3. The van der Waals surface area contributed by atoms with Crippen LogP contribution in [0.5, 0.6) is 0 Å². The highest BCUT2D eigenvalue weighted by Crippen LogP contribution is 2.43. The molecule has 0 unspecified atom stereocenters. The van der Waals surface area contributed by atoms with Gasteiger partial charge in [0.1, 0.15) is 11.6 Å². The molecule has 2 saturated heterocycles. The van der Waals surface area contributed by atoms with Gasteiger partial charge in [0.05, 0.1) is 33.2 Å². The third-order valence-corrected chi connectivity index (χ3v) is 8.95. The minimum Gasteiger partial charge on any atom is -0.399 e. The molecule has 6 rings (SSSR count). The SMILES string of the molecule is CC1(C)OB(c2ccc(-c3nc4cc(C(F)(F)F)ccc4n3C[C@]3(C(=O)C4CC4)CCNC3)cc2)OC1(C)C. The quantitative estimate of drug-likeness (QED) is 0.448. The first-order valence-electron chi connectivity index (χ1n) is 13.6. The Balaban J connectivity index is 1.41. The molecule has 1 aromatic heterocycles. The van der Waals surface area contributed by atoms with Crippen LogP contribution in [0, 0.1) is 11.3 Å². The van der Waals surface area contributed by atoms with Crippen LogP contribution in [0.2, 0.25) is 0 Å². The van der Waals surface area contributed by atoms with E-state index in [-0.39, 0.29) is 17.2 Å². The first-order valence-corrected chi connectivity index (χ1v) is 13.6. The number of ketones is 1. The van der Waals surface area contributed by atoms with Gasteiger partial charge in [-0.05, 0) is 77.2 Å². The molecule has 0 radical (unpaired) electrons. The number of fused-ring (bicyclic) bond motifs is 1. The smallest absolute Gasteiger partial charge is 0.399 e. The number of hydrogen-bond donors (Lipinski definition) is 1. The summed E-state index contributed by atoms with van der Waals surface area (Å²) in [6.45, 7) is 9.65. The van der Waals surface area contributed by atoms with Gasteiger partial charge in [0.15, 0.2) is 0 Å². The summed E-state index contributed by atoms with van der Waals surface area (Å²) < 4.78 is 54.9. The van der Waals surface area contributed by atoms with E-state index in [0.29, 0.717) is 30.9 Å². The maximum Gasteiger partial charge on any atom is 0.494 e. The number of alkyl halides is 3. The van der Waals surface area contributed by atoms with E-state index in [4.69, 9.17) is 14.3 Å². The van der Waals surface area contributed by atoms with Crippen molar-refractivity contribution in [1.29, 1.82) is 0 Å². The molecule has 6 nitrogen and oxygen atoms in total. The van der Waals surface area contributed by atoms with Gasteiger partial charge in [0.2, 0.25) is 0 Å². The Morgan fingerprint density at radius 1 is 1.08 bits per heavy atom. The molecule has 3 aromatic rings. The number of carbonyl (C=O) groups excluding carboxylic acids is 1. The van der Waals surface area contributed by atoms with Gasteiger partial charge in [-0.2, -0.15) is 13.2 Å². The molecular formula is C29H33BF3N3O3. The second kappa shape index (κ2) is 8.91. The number of aromatic nitrogens is 2. The molecule has 0 amide bonds. The Kier molecular flexibility index (Phi) is 6.06. The number of benzene rings is 2. The van der Waals surface area contributed by atoms with Crippen LogP contribution in [0.1, 0.15) is 52.5 Å². The van der Waals surface area contributed by atoms with Crippen molar-refractivity contribution in [3.05, 3.63) is 48.0 Å². The summed E-state index contributed by atoms with van der Waals surface area (Å²) in [5, 5.41) is 3.35. The number of nitrogens with zero attached hydrogens (tertiary/aromatic N) is 2. The van der Waals surface area contributed by atoms with Gasteiger partial charge in [0, 0.05) is 24.6 Å². The first-order chi connectivity index (χ1) is 18.3. The van der Waals surface area contributed by atoms with Crippen molar-refractivity contribution in [3.63, 3.8) is 0 Å². The highest BCUT2D eigenvalue weighted by atomic mass is 19.4. The zero-order valence-electron chi connectivity index (χ0n) is 22.7. The zero-order chi connectivity index (χ0) is 27.8. The van der Waals surface area contributed by atoms with Crippen molar-refractivity contribution in [2.45, 2.75) is 70.9 Å². The van der Waals surface area contributed by atoms with Crippen LogP contribution in [-0.4, -0.2) is 46.7 Å². The Morgan fingerprint density at radius 3 is 2.31 bits per heavy atom. The molecule has 2 aromatic carbocycles. The molecule has 3 fully saturated rings. The van der Waals surface area contributed by atoms with Crippen molar-refractivity contribution in [2.75, 3.05) is 13.1 Å². The summed E-state index contributed by atoms with van der Waals surface area (Å²) in [4.78, 5) is 18.2. The van der Waals surface area contributed by atoms with Crippen molar-refractivity contribution < 1.29 is 27.3 Å². The van der Waals surface area contributed by atoms with E-state index in [9.17, 15) is 18.0 Å².